The molecule has 1 heterocycles. The number of alkyl halides is 3. The van der Waals surface area contributed by atoms with Gasteiger partial charge in [-0.25, -0.2) is 8.78 Å². The maximum absolute atomic E-state index is 14.3. The first kappa shape index (κ1) is 22.3. The van der Waals surface area contributed by atoms with Crippen molar-refractivity contribution in [3.8, 4) is 0 Å². The van der Waals surface area contributed by atoms with E-state index in [9.17, 15) is 31.1 Å². The molecule has 0 bridgehead atoms. The first-order chi connectivity index (χ1) is 12.7. The van der Waals surface area contributed by atoms with Crippen LogP contribution in [0.15, 0.2) is 11.1 Å². The number of allylic oxidation sites excluding steroid dienone is 2. The van der Waals surface area contributed by atoms with E-state index in [1.807, 2.05) is 0 Å². The lowest BCUT2D eigenvalue weighted by Crippen LogP contribution is -2.18. The number of carbonyl (C=O) groups excluding carboxylic acids is 1. The highest BCUT2D eigenvalue weighted by Gasteiger charge is 2.62. The van der Waals surface area contributed by atoms with Crippen LogP contribution >= 0.6 is 11.6 Å². The number of hydrogen-bond acceptors (Lipinski definition) is 4. The van der Waals surface area contributed by atoms with Crippen molar-refractivity contribution in [2.45, 2.75) is 26.6 Å². The van der Waals surface area contributed by atoms with Crippen molar-refractivity contribution in [3.05, 3.63) is 34.3 Å². The van der Waals surface area contributed by atoms with Gasteiger partial charge in [-0.05, 0) is 11.3 Å². The number of carbonyl (C=O) groups is 1. The average molecular weight is 431 g/mol. The number of hydrogen-bond donors (Lipinski definition) is 0. The second-order valence-electron chi connectivity index (χ2n) is 7.17. The minimum Gasteiger partial charge on any atom is -0.460 e. The van der Waals surface area contributed by atoms with Crippen molar-refractivity contribution in [2.24, 2.45) is 17.3 Å². The number of nitrogens with zero attached hydrogens (tertiary/aromatic N) is 2. The summed E-state index contributed by atoms with van der Waals surface area (Å²) in [5.41, 5.74) is -1.74. The van der Waals surface area contributed by atoms with Crippen molar-refractivity contribution in [1.29, 1.82) is 0 Å². The van der Waals surface area contributed by atoms with Crippen LogP contribution in [0.5, 0.6) is 0 Å². The Bertz CT molecular complexity index is 823. The zero-order valence-electron chi connectivity index (χ0n) is 15.3. The molecule has 0 saturated heterocycles. The Morgan fingerprint density at radius 2 is 1.82 bits per heavy atom. The number of esters is 1. The Morgan fingerprint density at radius 1 is 1.25 bits per heavy atom. The molecule has 0 N–H and O–H groups in total. The summed E-state index contributed by atoms with van der Waals surface area (Å²) in [5.74, 6) is -7.70. The van der Waals surface area contributed by atoms with Gasteiger partial charge in [0, 0.05) is 14.1 Å². The molecule has 1 aliphatic carbocycles. The molecule has 1 aromatic heterocycles. The lowest BCUT2D eigenvalue weighted by Gasteiger charge is -2.15. The highest BCUT2D eigenvalue weighted by Crippen LogP contribution is 2.60. The Labute approximate surface area is 162 Å². The van der Waals surface area contributed by atoms with Crippen LogP contribution in [-0.4, -0.2) is 31.2 Å². The van der Waals surface area contributed by atoms with Crippen molar-refractivity contribution < 1.29 is 35.9 Å². The van der Waals surface area contributed by atoms with Crippen LogP contribution in [0.4, 0.5) is 32.2 Å². The fourth-order valence-electron chi connectivity index (χ4n) is 2.89. The molecule has 2 rings (SSSR count). The third-order valence-electron chi connectivity index (χ3n) is 4.66. The number of anilines is 1. The topological polar surface area (TPSA) is 42.4 Å². The minimum absolute atomic E-state index is 0.491. The van der Waals surface area contributed by atoms with E-state index in [1.165, 1.54) is 27.9 Å². The Kier molecular flexibility index (Phi) is 5.94. The van der Waals surface area contributed by atoms with Crippen molar-refractivity contribution in [2.75, 3.05) is 19.0 Å². The fraction of sp³-hybridized carbons (Fsp3) is 0.529. The predicted molar refractivity (Wildman–Crippen MR) is 89.0 cm³/mol. The van der Waals surface area contributed by atoms with E-state index < -0.39 is 70.0 Å². The van der Waals surface area contributed by atoms with Gasteiger partial charge in [0.05, 0.1) is 11.5 Å². The molecule has 2 unspecified atom stereocenters. The number of aromatic nitrogens is 1. The molecule has 11 heteroatoms. The monoisotopic (exact) mass is 430 g/mol. The molecule has 0 aliphatic heterocycles. The van der Waals surface area contributed by atoms with Crippen LogP contribution in [0, 0.1) is 34.8 Å². The molecule has 28 heavy (non-hydrogen) atoms. The molecular formula is C17H17ClF6N2O2. The van der Waals surface area contributed by atoms with E-state index in [2.05, 4.69) is 4.98 Å². The molecule has 1 saturated carbocycles. The third kappa shape index (κ3) is 4.21. The quantitative estimate of drug-likeness (QED) is 0.390. The maximum Gasteiger partial charge on any atom is 0.426 e. The molecule has 0 radical (unpaired) electrons. The number of ether oxygens (including phenoxy) is 1. The van der Waals surface area contributed by atoms with Crippen LogP contribution in [-0.2, 0) is 16.1 Å². The third-order valence-corrected chi connectivity index (χ3v) is 5.00. The van der Waals surface area contributed by atoms with E-state index in [-0.39, 0.29) is 0 Å². The summed E-state index contributed by atoms with van der Waals surface area (Å²) in [7, 11) is 2.71. The molecule has 4 nitrogen and oxygen atoms in total. The number of rotatable bonds is 5. The summed E-state index contributed by atoms with van der Waals surface area (Å²) in [4.78, 5) is 16.5. The summed E-state index contributed by atoms with van der Waals surface area (Å²) in [6.07, 6.45) is -4.04. The molecule has 0 aromatic carbocycles. The first-order valence-electron chi connectivity index (χ1n) is 8.01. The molecule has 1 aromatic rings. The zero-order valence-corrected chi connectivity index (χ0v) is 16.1. The second-order valence-corrected chi connectivity index (χ2v) is 7.58. The maximum atomic E-state index is 14.3. The van der Waals surface area contributed by atoms with Gasteiger partial charge < -0.3 is 9.64 Å². The summed E-state index contributed by atoms with van der Waals surface area (Å²) in [5, 5.41) is -1.37. The fourth-order valence-corrected chi connectivity index (χ4v) is 3.03. The van der Waals surface area contributed by atoms with Gasteiger partial charge in [-0.3, -0.25) is 4.79 Å². The van der Waals surface area contributed by atoms with E-state index in [0.29, 0.717) is 6.08 Å². The van der Waals surface area contributed by atoms with Crippen LogP contribution in [0.3, 0.4) is 0 Å². The largest absolute Gasteiger partial charge is 0.460 e. The smallest absolute Gasteiger partial charge is 0.426 e. The van der Waals surface area contributed by atoms with Crippen molar-refractivity contribution in [3.63, 3.8) is 0 Å². The number of pyridine rings is 1. The van der Waals surface area contributed by atoms with Gasteiger partial charge in [0.2, 0.25) is 0 Å². The Balaban J connectivity index is 2.18. The highest BCUT2D eigenvalue weighted by atomic mass is 35.5. The van der Waals surface area contributed by atoms with Gasteiger partial charge in [-0.15, -0.1) is 0 Å². The first-order valence-corrected chi connectivity index (χ1v) is 8.39. The summed E-state index contributed by atoms with van der Waals surface area (Å²) < 4.78 is 84.3. The molecule has 0 spiro atoms. The zero-order chi connectivity index (χ0) is 21.6. The van der Waals surface area contributed by atoms with E-state index >= 15 is 0 Å². The lowest BCUT2D eigenvalue weighted by atomic mass is 10.1. The van der Waals surface area contributed by atoms with Crippen LogP contribution < -0.4 is 4.90 Å². The lowest BCUT2D eigenvalue weighted by molar-refractivity contribution is -0.147. The summed E-state index contributed by atoms with van der Waals surface area (Å²) in [6, 6.07) is 0. The molecular weight excluding hydrogens is 414 g/mol. The molecule has 1 aliphatic rings. The Morgan fingerprint density at radius 3 is 2.32 bits per heavy atom. The molecule has 2 atom stereocenters. The van der Waals surface area contributed by atoms with Crippen LogP contribution in [0.2, 0.25) is 0 Å². The molecule has 156 valence electrons. The van der Waals surface area contributed by atoms with Crippen LogP contribution in [0.1, 0.15) is 19.4 Å². The average Bonchev–Trinajstić information content (AvgIpc) is 3.09. The number of halogens is 7. The standard InChI is InChI=1S/C17H17ClF6N2O2/c1-16(2)8(5-9(18)17(22,23)24)10(16)15(27)28-6-7-11(19)13(21)25-14(12(7)20)26(3)4/h5,8,10H,6H2,1-4H3/b9-5-. The van der Waals surface area contributed by atoms with E-state index in [0.717, 1.165) is 4.90 Å². The molecule has 0 amide bonds. The Hall–Kier alpha value is -1.97. The summed E-state index contributed by atoms with van der Waals surface area (Å²) in [6.45, 7) is 2.11. The van der Waals surface area contributed by atoms with Gasteiger partial charge >= 0.3 is 12.1 Å². The predicted octanol–water partition coefficient (Wildman–Crippen LogP) is 4.57. The van der Waals surface area contributed by atoms with E-state index in [1.54, 1.807) is 0 Å². The molecule has 1 fully saturated rings. The summed E-state index contributed by atoms with van der Waals surface area (Å²) >= 11 is 5.20. The highest BCUT2D eigenvalue weighted by molar-refractivity contribution is 6.30. The second kappa shape index (κ2) is 7.46. The minimum atomic E-state index is -4.75. The van der Waals surface area contributed by atoms with Gasteiger partial charge in [-0.1, -0.05) is 31.5 Å². The van der Waals surface area contributed by atoms with Crippen molar-refractivity contribution in [1.82, 2.24) is 4.98 Å². The van der Waals surface area contributed by atoms with Gasteiger partial charge in [0.1, 0.15) is 11.6 Å². The SMILES string of the molecule is CN(C)c1nc(F)c(F)c(COC(=O)C2C(/C=C(\Cl)C(F)(F)F)C2(C)C)c1F. The van der Waals surface area contributed by atoms with Crippen LogP contribution in [0.25, 0.3) is 0 Å². The van der Waals surface area contributed by atoms with E-state index in [4.69, 9.17) is 16.3 Å². The van der Waals surface area contributed by atoms with Crippen molar-refractivity contribution >= 4 is 23.4 Å². The van der Waals surface area contributed by atoms with Gasteiger partial charge in [-0.2, -0.15) is 22.5 Å². The van der Waals surface area contributed by atoms with Gasteiger partial charge in [0.25, 0.3) is 5.95 Å². The van der Waals surface area contributed by atoms with Gasteiger partial charge in [0.15, 0.2) is 17.5 Å². The normalized spacial score (nSPS) is 21.5.